The van der Waals surface area contributed by atoms with E-state index in [0.29, 0.717) is 19.4 Å². The van der Waals surface area contributed by atoms with Gasteiger partial charge in [0.15, 0.2) is 4.75 Å². The van der Waals surface area contributed by atoms with Crippen LogP contribution in [0.25, 0.3) is 0 Å². The van der Waals surface area contributed by atoms with Gasteiger partial charge in [0, 0.05) is 6.54 Å². The minimum absolute atomic E-state index is 0.331. The van der Waals surface area contributed by atoms with Crippen LogP contribution in [0.5, 0.6) is 0 Å². The number of nitriles is 1. The number of nitrogens with one attached hydrogen (secondary N) is 1. The van der Waals surface area contributed by atoms with Gasteiger partial charge in [-0.15, -0.1) is 0 Å². The van der Waals surface area contributed by atoms with Gasteiger partial charge in [-0.05, 0) is 12.8 Å². The van der Waals surface area contributed by atoms with Crippen LogP contribution in [-0.4, -0.2) is 19.7 Å². The summed E-state index contributed by atoms with van der Waals surface area (Å²) in [5.74, 6) is 0. The van der Waals surface area contributed by atoms with Crippen LogP contribution in [0.4, 0.5) is 0 Å². The van der Waals surface area contributed by atoms with E-state index in [1.807, 2.05) is 13.0 Å². The highest BCUT2D eigenvalue weighted by molar-refractivity contribution is 7.91. The molecule has 0 bridgehead atoms. The summed E-state index contributed by atoms with van der Waals surface area (Å²) in [6, 6.07) is 1.97. The SMILES string of the molecule is CCCCC(C#N)(CC)S(=O)(=O)NCC. The Kier molecular flexibility index (Phi) is 5.84. The predicted octanol–water partition coefficient (Wildman–Crippen LogP) is 1.79. The molecule has 1 N–H and O–H groups in total. The van der Waals surface area contributed by atoms with Crippen LogP contribution >= 0.6 is 0 Å². The van der Waals surface area contributed by atoms with Gasteiger partial charge in [-0.25, -0.2) is 13.1 Å². The highest BCUT2D eigenvalue weighted by Crippen LogP contribution is 2.26. The summed E-state index contributed by atoms with van der Waals surface area (Å²) in [5.41, 5.74) is 0. The molecule has 0 saturated heterocycles. The Morgan fingerprint density at radius 2 is 1.93 bits per heavy atom. The normalized spacial score (nSPS) is 15.6. The van der Waals surface area contributed by atoms with Crippen molar-refractivity contribution in [3.05, 3.63) is 0 Å². The van der Waals surface area contributed by atoms with Gasteiger partial charge in [0.25, 0.3) is 0 Å². The third kappa shape index (κ3) is 3.18. The van der Waals surface area contributed by atoms with E-state index < -0.39 is 14.8 Å². The summed E-state index contributed by atoms with van der Waals surface area (Å²) in [7, 11) is -3.52. The molecule has 0 saturated carbocycles. The van der Waals surface area contributed by atoms with E-state index in [9.17, 15) is 8.42 Å². The van der Waals surface area contributed by atoms with Gasteiger partial charge in [0.1, 0.15) is 0 Å². The molecule has 0 aliphatic carbocycles. The van der Waals surface area contributed by atoms with Crippen molar-refractivity contribution < 1.29 is 8.42 Å². The molecule has 88 valence electrons. The summed E-state index contributed by atoms with van der Waals surface area (Å²) in [6.07, 6.45) is 2.39. The Morgan fingerprint density at radius 3 is 2.27 bits per heavy atom. The van der Waals surface area contributed by atoms with Crippen molar-refractivity contribution in [1.29, 1.82) is 5.26 Å². The van der Waals surface area contributed by atoms with E-state index in [1.165, 1.54) is 0 Å². The third-order valence-electron chi connectivity index (χ3n) is 2.56. The quantitative estimate of drug-likeness (QED) is 0.727. The summed E-state index contributed by atoms with van der Waals surface area (Å²) in [4.78, 5) is 0. The average Bonchev–Trinajstić information content (AvgIpc) is 2.19. The Balaban J connectivity index is 5.02. The summed E-state index contributed by atoms with van der Waals surface area (Å²) in [5, 5.41) is 9.10. The van der Waals surface area contributed by atoms with Gasteiger partial charge >= 0.3 is 0 Å². The number of sulfonamides is 1. The molecule has 0 fully saturated rings. The molecule has 5 heteroatoms. The molecule has 1 unspecified atom stereocenters. The number of rotatable bonds is 7. The maximum atomic E-state index is 11.9. The Hall–Kier alpha value is -0.600. The van der Waals surface area contributed by atoms with E-state index in [2.05, 4.69) is 4.72 Å². The molecule has 0 aromatic rings. The number of nitrogens with zero attached hydrogens (tertiary/aromatic N) is 1. The maximum absolute atomic E-state index is 11.9. The van der Waals surface area contributed by atoms with E-state index >= 15 is 0 Å². The maximum Gasteiger partial charge on any atom is 0.230 e. The smallest absolute Gasteiger partial charge is 0.214 e. The van der Waals surface area contributed by atoms with E-state index in [4.69, 9.17) is 5.26 Å². The lowest BCUT2D eigenvalue weighted by Crippen LogP contribution is -2.44. The molecule has 0 spiro atoms. The van der Waals surface area contributed by atoms with Crippen molar-refractivity contribution in [3.63, 3.8) is 0 Å². The fourth-order valence-electron chi connectivity index (χ4n) is 1.49. The van der Waals surface area contributed by atoms with Crippen LogP contribution in [0.2, 0.25) is 0 Å². The van der Waals surface area contributed by atoms with Gasteiger partial charge in [-0.2, -0.15) is 5.26 Å². The third-order valence-corrected chi connectivity index (χ3v) is 4.84. The van der Waals surface area contributed by atoms with Crippen molar-refractivity contribution in [2.75, 3.05) is 6.54 Å². The molecule has 15 heavy (non-hydrogen) atoms. The first-order chi connectivity index (χ1) is 6.99. The fraction of sp³-hybridized carbons (Fsp3) is 0.900. The highest BCUT2D eigenvalue weighted by Gasteiger charge is 2.41. The molecule has 0 aromatic heterocycles. The summed E-state index contributed by atoms with van der Waals surface area (Å²) >= 11 is 0. The average molecular weight is 232 g/mol. The lowest BCUT2D eigenvalue weighted by Gasteiger charge is -2.24. The van der Waals surface area contributed by atoms with Crippen molar-refractivity contribution >= 4 is 10.0 Å². The second kappa shape index (κ2) is 6.09. The van der Waals surface area contributed by atoms with Crippen molar-refractivity contribution in [2.24, 2.45) is 0 Å². The second-order valence-electron chi connectivity index (χ2n) is 3.56. The minimum atomic E-state index is -3.52. The van der Waals surface area contributed by atoms with Gasteiger partial charge in [0.2, 0.25) is 10.0 Å². The summed E-state index contributed by atoms with van der Waals surface area (Å²) in [6.45, 7) is 5.78. The molecule has 0 aromatic carbocycles. The molecule has 0 rings (SSSR count). The standard InChI is InChI=1S/C10H20N2O2S/c1-4-7-8-10(5-2,9-11)15(13,14)12-6-3/h12H,4-8H2,1-3H3. The molecular formula is C10H20N2O2S. The van der Waals surface area contributed by atoms with E-state index in [0.717, 1.165) is 12.8 Å². The molecule has 0 aliphatic rings. The van der Waals surface area contributed by atoms with Crippen molar-refractivity contribution in [3.8, 4) is 6.07 Å². The highest BCUT2D eigenvalue weighted by atomic mass is 32.2. The van der Waals surface area contributed by atoms with Crippen LogP contribution < -0.4 is 4.72 Å². The Morgan fingerprint density at radius 1 is 1.33 bits per heavy atom. The van der Waals surface area contributed by atoms with Crippen LogP contribution in [0, 0.1) is 11.3 Å². The van der Waals surface area contributed by atoms with Crippen molar-refractivity contribution in [2.45, 2.75) is 51.2 Å². The fourth-order valence-corrected chi connectivity index (χ4v) is 3.06. The van der Waals surface area contributed by atoms with Crippen LogP contribution in [-0.2, 0) is 10.0 Å². The number of unbranched alkanes of at least 4 members (excludes halogenated alkanes) is 1. The second-order valence-corrected chi connectivity index (χ2v) is 5.64. The van der Waals surface area contributed by atoms with E-state index in [1.54, 1.807) is 13.8 Å². The Labute approximate surface area is 92.7 Å². The predicted molar refractivity (Wildman–Crippen MR) is 60.8 cm³/mol. The first-order valence-corrected chi connectivity index (χ1v) is 6.88. The van der Waals surface area contributed by atoms with Crippen LogP contribution in [0.15, 0.2) is 0 Å². The minimum Gasteiger partial charge on any atom is -0.214 e. The number of hydrogen-bond acceptors (Lipinski definition) is 3. The summed E-state index contributed by atoms with van der Waals surface area (Å²) < 4.78 is 24.9. The topological polar surface area (TPSA) is 70.0 Å². The molecule has 0 heterocycles. The molecule has 0 aliphatic heterocycles. The van der Waals surface area contributed by atoms with E-state index in [-0.39, 0.29) is 0 Å². The zero-order chi connectivity index (χ0) is 11.9. The number of hydrogen-bond donors (Lipinski definition) is 1. The molecule has 1 atom stereocenters. The van der Waals surface area contributed by atoms with Gasteiger partial charge in [0.05, 0.1) is 6.07 Å². The molecule has 0 radical (unpaired) electrons. The zero-order valence-corrected chi connectivity index (χ0v) is 10.5. The molecule has 0 amide bonds. The van der Waals surface area contributed by atoms with Crippen molar-refractivity contribution in [1.82, 2.24) is 4.72 Å². The molecular weight excluding hydrogens is 212 g/mol. The lowest BCUT2D eigenvalue weighted by molar-refractivity contribution is 0.506. The van der Waals surface area contributed by atoms with Gasteiger partial charge in [-0.1, -0.05) is 33.6 Å². The van der Waals surface area contributed by atoms with Crippen LogP contribution in [0.3, 0.4) is 0 Å². The van der Waals surface area contributed by atoms with Gasteiger partial charge < -0.3 is 0 Å². The first kappa shape index (κ1) is 14.4. The molecule has 4 nitrogen and oxygen atoms in total. The first-order valence-electron chi connectivity index (χ1n) is 5.40. The lowest BCUT2D eigenvalue weighted by atomic mass is 10.0. The van der Waals surface area contributed by atoms with Crippen LogP contribution in [0.1, 0.15) is 46.5 Å². The van der Waals surface area contributed by atoms with Gasteiger partial charge in [-0.3, -0.25) is 0 Å². The monoisotopic (exact) mass is 232 g/mol. The zero-order valence-electron chi connectivity index (χ0n) is 9.71. The Bertz CT molecular complexity index is 319. The largest absolute Gasteiger partial charge is 0.230 e.